The Labute approximate surface area is 167 Å². The number of rotatable bonds is 4. The van der Waals surface area contributed by atoms with Crippen molar-refractivity contribution in [2.24, 2.45) is 0 Å². The largest absolute Gasteiger partial charge is 0.489 e. The van der Waals surface area contributed by atoms with Gasteiger partial charge in [-0.2, -0.15) is 0 Å². The fraction of sp³-hybridized carbons (Fsp3) is 0.182. The van der Waals surface area contributed by atoms with Crippen LogP contribution in [0.1, 0.15) is 20.8 Å². The lowest BCUT2D eigenvalue weighted by atomic mass is 10.1. The number of amides is 2. The molecule has 142 valence electrons. The molecule has 2 heterocycles. The molecule has 0 aliphatic carbocycles. The van der Waals surface area contributed by atoms with Crippen LogP contribution in [0.25, 0.3) is 0 Å². The minimum Gasteiger partial charge on any atom is -0.489 e. The van der Waals surface area contributed by atoms with E-state index in [0.717, 1.165) is 12.0 Å². The number of carbonyl (C=O) groups is 2. The molecule has 0 fully saturated rings. The zero-order chi connectivity index (χ0) is 19.5. The monoisotopic (exact) mass is 392 g/mol. The van der Waals surface area contributed by atoms with Crippen molar-refractivity contribution in [3.63, 3.8) is 0 Å². The highest BCUT2D eigenvalue weighted by Crippen LogP contribution is 2.30. The first-order valence-electron chi connectivity index (χ1n) is 9.03. The smallest absolute Gasteiger partial charge is 0.262 e. The summed E-state index contributed by atoms with van der Waals surface area (Å²) in [5.74, 6) is 0.182. The summed E-state index contributed by atoms with van der Waals surface area (Å²) in [4.78, 5) is 27.6. The summed E-state index contributed by atoms with van der Waals surface area (Å²) in [6, 6.07) is 18.6. The summed E-state index contributed by atoms with van der Waals surface area (Å²) >= 11 is 1.38. The van der Waals surface area contributed by atoms with Crippen LogP contribution in [0.5, 0.6) is 5.75 Å². The lowest BCUT2D eigenvalue weighted by Crippen LogP contribution is -2.49. The van der Waals surface area contributed by atoms with E-state index < -0.39 is 6.04 Å². The van der Waals surface area contributed by atoms with E-state index >= 15 is 0 Å². The van der Waals surface area contributed by atoms with Gasteiger partial charge in [0.15, 0.2) is 0 Å². The molecule has 0 saturated heterocycles. The van der Waals surface area contributed by atoms with E-state index in [4.69, 9.17) is 4.74 Å². The molecular weight excluding hydrogens is 372 g/mol. The fourth-order valence-corrected chi connectivity index (χ4v) is 4.02. The Hall–Kier alpha value is -3.12. The van der Waals surface area contributed by atoms with E-state index in [-0.39, 0.29) is 18.4 Å². The molecule has 1 aliphatic heterocycles. The Balaban J connectivity index is 1.45. The van der Waals surface area contributed by atoms with Crippen LogP contribution >= 0.6 is 11.3 Å². The van der Waals surface area contributed by atoms with Crippen molar-refractivity contribution in [2.75, 3.05) is 18.6 Å². The van der Waals surface area contributed by atoms with Crippen LogP contribution < -0.4 is 15.0 Å². The van der Waals surface area contributed by atoms with Crippen LogP contribution in [0.15, 0.2) is 66.0 Å². The lowest BCUT2D eigenvalue weighted by molar-refractivity contribution is -0.120. The number of thiophene rings is 1. The van der Waals surface area contributed by atoms with Gasteiger partial charge in [-0.15, -0.1) is 11.3 Å². The van der Waals surface area contributed by atoms with Crippen LogP contribution in [0.2, 0.25) is 0 Å². The number of likely N-dealkylation sites (N-methyl/N-ethyl adjacent to an activating group) is 1. The molecule has 28 heavy (non-hydrogen) atoms. The van der Waals surface area contributed by atoms with E-state index in [0.29, 0.717) is 16.3 Å². The molecule has 3 aromatic rings. The Morgan fingerprint density at radius 1 is 1.14 bits per heavy atom. The maximum absolute atomic E-state index is 12.8. The number of anilines is 1. The number of carbonyl (C=O) groups excluding carboxylic acids is 2. The van der Waals surface area contributed by atoms with Gasteiger partial charge in [-0.05, 0) is 41.1 Å². The van der Waals surface area contributed by atoms with E-state index in [2.05, 4.69) is 17.4 Å². The highest BCUT2D eigenvalue weighted by atomic mass is 32.1. The van der Waals surface area contributed by atoms with Crippen molar-refractivity contribution in [1.82, 2.24) is 5.32 Å². The number of hydrogen-bond acceptors (Lipinski definition) is 4. The third-order valence-electron chi connectivity index (χ3n) is 4.69. The van der Waals surface area contributed by atoms with Gasteiger partial charge in [-0.1, -0.05) is 42.5 Å². The molecular formula is C22H20N2O3S. The van der Waals surface area contributed by atoms with Crippen molar-refractivity contribution < 1.29 is 14.3 Å². The highest BCUT2D eigenvalue weighted by Gasteiger charge is 2.30. The summed E-state index contributed by atoms with van der Waals surface area (Å²) in [6.45, 7) is 0.105. The standard InChI is InChI=1S/C22H20N2O3S/c1-24-18-9-5-6-10-19(18)27-13-17(22(24)26)23-21(25)20-12-16(14-28-20)11-15-7-3-2-4-8-15/h2-10,12,14,17H,11,13H2,1H3,(H,23,25)/t17-/m0/s1. The zero-order valence-corrected chi connectivity index (χ0v) is 16.2. The second-order valence-corrected chi connectivity index (χ2v) is 7.59. The Morgan fingerprint density at radius 2 is 1.89 bits per heavy atom. The van der Waals surface area contributed by atoms with Crippen molar-refractivity contribution in [2.45, 2.75) is 12.5 Å². The molecule has 1 aromatic heterocycles. The predicted molar refractivity (Wildman–Crippen MR) is 110 cm³/mol. The van der Waals surface area contributed by atoms with Gasteiger partial charge in [0.2, 0.25) is 0 Å². The minimum absolute atomic E-state index is 0.105. The van der Waals surface area contributed by atoms with Crippen molar-refractivity contribution in [3.05, 3.63) is 82.0 Å². The number of nitrogens with zero attached hydrogens (tertiary/aromatic N) is 1. The van der Waals surface area contributed by atoms with Gasteiger partial charge in [0.05, 0.1) is 10.6 Å². The molecule has 1 aliphatic rings. The second-order valence-electron chi connectivity index (χ2n) is 6.68. The number of ether oxygens (including phenoxy) is 1. The number of nitrogens with one attached hydrogen (secondary N) is 1. The Bertz CT molecular complexity index is 1000. The van der Waals surface area contributed by atoms with Crippen LogP contribution in [-0.4, -0.2) is 31.5 Å². The molecule has 1 N–H and O–H groups in total. The molecule has 1 atom stereocenters. The van der Waals surface area contributed by atoms with Crippen molar-refractivity contribution in [1.29, 1.82) is 0 Å². The van der Waals surface area contributed by atoms with E-state index in [9.17, 15) is 9.59 Å². The van der Waals surface area contributed by atoms with E-state index in [1.165, 1.54) is 21.8 Å². The molecule has 0 saturated carbocycles. The van der Waals surface area contributed by atoms with Gasteiger partial charge in [0.1, 0.15) is 18.4 Å². The van der Waals surface area contributed by atoms with Gasteiger partial charge >= 0.3 is 0 Å². The van der Waals surface area contributed by atoms with Gasteiger partial charge in [0, 0.05) is 7.05 Å². The maximum Gasteiger partial charge on any atom is 0.262 e. The van der Waals surface area contributed by atoms with Crippen LogP contribution in [0.4, 0.5) is 5.69 Å². The average Bonchev–Trinajstić information content (AvgIpc) is 3.15. The molecule has 0 unspecified atom stereocenters. The first-order valence-corrected chi connectivity index (χ1v) is 9.91. The Morgan fingerprint density at radius 3 is 2.71 bits per heavy atom. The number of fused-ring (bicyclic) bond motifs is 1. The number of para-hydroxylation sites is 2. The van der Waals surface area contributed by atoms with Gasteiger partial charge in [-0.3, -0.25) is 9.59 Å². The minimum atomic E-state index is -0.732. The molecule has 2 amide bonds. The molecule has 0 spiro atoms. The zero-order valence-electron chi connectivity index (χ0n) is 15.4. The molecule has 6 heteroatoms. The third-order valence-corrected chi connectivity index (χ3v) is 5.67. The summed E-state index contributed by atoms with van der Waals surface area (Å²) in [5, 5.41) is 4.80. The van der Waals surface area contributed by atoms with Crippen molar-refractivity contribution in [3.8, 4) is 5.75 Å². The fourth-order valence-electron chi connectivity index (χ4n) is 3.20. The number of hydrogen-bond donors (Lipinski definition) is 1. The topological polar surface area (TPSA) is 58.6 Å². The normalized spacial score (nSPS) is 16.1. The first kappa shape index (κ1) is 18.3. The van der Waals surface area contributed by atoms with Crippen LogP contribution in [0.3, 0.4) is 0 Å². The van der Waals surface area contributed by atoms with Gasteiger partial charge in [0.25, 0.3) is 11.8 Å². The number of benzene rings is 2. The van der Waals surface area contributed by atoms with Crippen molar-refractivity contribution >= 4 is 28.8 Å². The summed E-state index contributed by atoms with van der Waals surface area (Å²) in [5.41, 5.74) is 2.97. The maximum atomic E-state index is 12.8. The summed E-state index contributed by atoms with van der Waals surface area (Å²) in [7, 11) is 1.69. The van der Waals surface area contributed by atoms with Crippen LogP contribution in [-0.2, 0) is 11.2 Å². The molecule has 2 aromatic carbocycles. The van der Waals surface area contributed by atoms with Gasteiger partial charge < -0.3 is 15.0 Å². The van der Waals surface area contributed by atoms with Gasteiger partial charge in [-0.25, -0.2) is 0 Å². The summed E-state index contributed by atoms with van der Waals surface area (Å²) < 4.78 is 5.75. The van der Waals surface area contributed by atoms with Crippen LogP contribution in [0, 0.1) is 0 Å². The van der Waals surface area contributed by atoms with E-state index in [1.807, 2.05) is 53.9 Å². The van der Waals surface area contributed by atoms with E-state index in [1.54, 1.807) is 7.05 Å². The third kappa shape index (κ3) is 3.77. The molecule has 5 nitrogen and oxygen atoms in total. The first-order chi connectivity index (χ1) is 13.6. The average molecular weight is 392 g/mol. The predicted octanol–water partition coefficient (Wildman–Crippen LogP) is 3.49. The Kier molecular flexibility index (Phi) is 5.12. The molecule has 4 rings (SSSR count). The molecule has 0 bridgehead atoms. The lowest BCUT2D eigenvalue weighted by Gasteiger charge is -2.20. The second kappa shape index (κ2) is 7.86. The summed E-state index contributed by atoms with van der Waals surface area (Å²) in [6.07, 6.45) is 0.772. The molecule has 0 radical (unpaired) electrons. The quantitative estimate of drug-likeness (QED) is 0.739. The highest BCUT2D eigenvalue weighted by molar-refractivity contribution is 7.12. The SMILES string of the molecule is CN1C(=O)[C@@H](NC(=O)c2cc(Cc3ccccc3)cs2)COc2ccccc21.